The molecule has 0 aliphatic carbocycles. The average Bonchev–Trinajstić information content (AvgIpc) is 2.60. The molecule has 2 aromatic heterocycles. The lowest BCUT2D eigenvalue weighted by Gasteiger charge is -2.04. The van der Waals surface area contributed by atoms with Gasteiger partial charge in [-0.05, 0) is 44.8 Å². The van der Waals surface area contributed by atoms with Gasteiger partial charge in [0.1, 0.15) is 5.01 Å². The fourth-order valence-corrected chi connectivity index (χ4v) is 3.33. The lowest BCUT2D eigenvalue weighted by molar-refractivity contribution is 0.745. The van der Waals surface area contributed by atoms with Crippen molar-refractivity contribution in [3.8, 4) is 0 Å². The Morgan fingerprint density at radius 3 is 2.88 bits per heavy atom. The average molecular weight is 364 g/mol. The maximum absolute atomic E-state index is 11.8. The smallest absolute Gasteiger partial charge is 0.265 e. The summed E-state index contributed by atoms with van der Waals surface area (Å²) in [5.74, 6) is 0. The molecule has 6 heteroatoms. The molecule has 0 N–H and O–H groups in total. The van der Waals surface area contributed by atoms with Crippen LogP contribution in [-0.4, -0.2) is 9.55 Å². The Kier molecular flexibility index (Phi) is 3.61. The van der Waals surface area contributed by atoms with Crippen LogP contribution in [0.2, 0.25) is 0 Å². The van der Waals surface area contributed by atoms with Crippen molar-refractivity contribution >= 4 is 43.2 Å². The molecule has 0 radical (unpaired) electrons. The van der Waals surface area contributed by atoms with Gasteiger partial charge in [-0.25, -0.2) is 4.98 Å². The summed E-state index contributed by atoms with van der Waals surface area (Å²) >= 11 is 8.16. The molecule has 2 aromatic rings. The molecule has 0 aliphatic heterocycles. The molecule has 2 rings (SSSR count). The van der Waals surface area contributed by atoms with Crippen molar-refractivity contribution in [3.05, 3.63) is 47.6 Å². The standard InChI is InChI=1S/C10H8Br2N2OS/c1-6-5-16-9(13-6)4-14-3-7(11)2-8(12)10(14)15/h2-3,5H,4H2,1H3. The Morgan fingerprint density at radius 2 is 2.25 bits per heavy atom. The zero-order chi connectivity index (χ0) is 11.7. The molecular weight excluding hydrogens is 356 g/mol. The summed E-state index contributed by atoms with van der Waals surface area (Å²) in [6, 6.07) is 1.74. The van der Waals surface area contributed by atoms with E-state index in [1.54, 1.807) is 28.2 Å². The van der Waals surface area contributed by atoms with Gasteiger partial charge in [0.2, 0.25) is 0 Å². The number of rotatable bonds is 2. The summed E-state index contributed by atoms with van der Waals surface area (Å²) in [6.07, 6.45) is 1.77. The van der Waals surface area contributed by atoms with Crippen molar-refractivity contribution in [2.45, 2.75) is 13.5 Å². The maximum Gasteiger partial charge on any atom is 0.265 e. The highest BCUT2D eigenvalue weighted by atomic mass is 79.9. The molecule has 0 aliphatic rings. The Balaban J connectivity index is 2.38. The third-order valence-corrected chi connectivity index (χ3v) is 3.93. The third kappa shape index (κ3) is 2.61. The molecule has 2 heterocycles. The minimum absolute atomic E-state index is 0.0453. The Bertz CT molecular complexity index is 576. The van der Waals surface area contributed by atoms with Crippen LogP contribution >= 0.6 is 43.2 Å². The van der Waals surface area contributed by atoms with E-state index in [4.69, 9.17) is 0 Å². The molecular formula is C10H8Br2N2OS. The summed E-state index contributed by atoms with van der Waals surface area (Å²) in [5.41, 5.74) is 0.943. The Labute approximate surface area is 113 Å². The molecule has 0 amide bonds. The van der Waals surface area contributed by atoms with Crippen LogP contribution in [0.5, 0.6) is 0 Å². The Hall–Kier alpha value is -0.460. The van der Waals surface area contributed by atoms with Gasteiger partial charge in [0, 0.05) is 21.7 Å². The fourth-order valence-electron chi connectivity index (χ4n) is 1.30. The van der Waals surface area contributed by atoms with Gasteiger partial charge in [-0.15, -0.1) is 11.3 Å². The van der Waals surface area contributed by atoms with Gasteiger partial charge in [-0.1, -0.05) is 0 Å². The van der Waals surface area contributed by atoms with Crippen molar-refractivity contribution in [1.82, 2.24) is 9.55 Å². The van der Waals surface area contributed by atoms with Gasteiger partial charge in [-0.2, -0.15) is 0 Å². The topological polar surface area (TPSA) is 34.9 Å². The summed E-state index contributed by atoms with van der Waals surface area (Å²) in [7, 11) is 0. The van der Waals surface area contributed by atoms with Gasteiger partial charge in [0.05, 0.1) is 11.0 Å². The largest absolute Gasteiger partial charge is 0.307 e. The second-order valence-corrected chi connectivity index (χ2v) is 6.03. The molecule has 0 aromatic carbocycles. The van der Waals surface area contributed by atoms with E-state index in [2.05, 4.69) is 36.8 Å². The number of nitrogens with zero attached hydrogens (tertiary/aromatic N) is 2. The number of aryl methyl sites for hydroxylation is 1. The lowest BCUT2D eigenvalue weighted by Crippen LogP contribution is -2.20. The van der Waals surface area contributed by atoms with Crippen molar-refractivity contribution in [1.29, 1.82) is 0 Å². The van der Waals surface area contributed by atoms with Crippen LogP contribution in [0.25, 0.3) is 0 Å². The molecule has 0 spiro atoms. The number of hydrogen-bond acceptors (Lipinski definition) is 3. The first-order valence-corrected chi connectivity index (χ1v) is 6.99. The molecule has 0 saturated heterocycles. The van der Waals surface area contributed by atoms with Gasteiger partial charge >= 0.3 is 0 Å². The van der Waals surface area contributed by atoms with Crippen LogP contribution in [0, 0.1) is 6.92 Å². The minimum Gasteiger partial charge on any atom is -0.307 e. The van der Waals surface area contributed by atoms with Crippen molar-refractivity contribution in [3.63, 3.8) is 0 Å². The van der Waals surface area contributed by atoms with E-state index in [9.17, 15) is 4.79 Å². The van der Waals surface area contributed by atoms with E-state index in [1.165, 1.54) is 0 Å². The summed E-state index contributed by atoms with van der Waals surface area (Å²) in [5, 5.41) is 2.91. The monoisotopic (exact) mass is 362 g/mol. The van der Waals surface area contributed by atoms with E-state index >= 15 is 0 Å². The number of aromatic nitrogens is 2. The summed E-state index contributed by atoms with van der Waals surface area (Å²) < 4.78 is 3.05. The number of thiazole rings is 1. The second kappa shape index (κ2) is 4.81. The van der Waals surface area contributed by atoms with Crippen molar-refractivity contribution < 1.29 is 0 Å². The molecule has 0 unspecified atom stereocenters. The van der Waals surface area contributed by atoms with Crippen molar-refractivity contribution in [2.75, 3.05) is 0 Å². The molecule has 0 atom stereocenters. The van der Waals surface area contributed by atoms with Crippen LogP contribution < -0.4 is 5.56 Å². The highest BCUT2D eigenvalue weighted by Crippen LogP contribution is 2.15. The maximum atomic E-state index is 11.8. The first-order chi connectivity index (χ1) is 7.56. The van der Waals surface area contributed by atoms with Gasteiger partial charge < -0.3 is 4.57 Å². The zero-order valence-electron chi connectivity index (χ0n) is 8.41. The number of pyridine rings is 1. The first kappa shape index (κ1) is 12.0. The summed E-state index contributed by atoms with van der Waals surface area (Å²) in [6.45, 7) is 2.45. The van der Waals surface area contributed by atoms with Crippen LogP contribution in [0.3, 0.4) is 0 Å². The normalized spacial score (nSPS) is 10.7. The van der Waals surface area contributed by atoms with E-state index in [1.807, 2.05) is 12.3 Å². The quantitative estimate of drug-likeness (QED) is 0.821. The predicted octanol–water partition coefficient (Wildman–Crippen LogP) is 3.19. The summed E-state index contributed by atoms with van der Waals surface area (Å²) in [4.78, 5) is 16.1. The van der Waals surface area contributed by atoms with E-state index in [0.29, 0.717) is 11.0 Å². The minimum atomic E-state index is -0.0453. The Morgan fingerprint density at radius 1 is 1.50 bits per heavy atom. The molecule has 0 bridgehead atoms. The van der Waals surface area contributed by atoms with Crippen LogP contribution in [0.4, 0.5) is 0 Å². The molecule has 16 heavy (non-hydrogen) atoms. The van der Waals surface area contributed by atoms with E-state index in [-0.39, 0.29) is 5.56 Å². The van der Waals surface area contributed by atoms with Crippen LogP contribution in [0.15, 0.2) is 31.4 Å². The highest BCUT2D eigenvalue weighted by molar-refractivity contribution is 9.11. The highest BCUT2D eigenvalue weighted by Gasteiger charge is 2.05. The van der Waals surface area contributed by atoms with Gasteiger partial charge in [0.25, 0.3) is 5.56 Å². The number of halogens is 2. The molecule has 0 fully saturated rings. The first-order valence-electron chi connectivity index (χ1n) is 4.53. The van der Waals surface area contributed by atoms with E-state index < -0.39 is 0 Å². The van der Waals surface area contributed by atoms with Crippen molar-refractivity contribution in [2.24, 2.45) is 0 Å². The number of hydrogen-bond donors (Lipinski definition) is 0. The zero-order valence-corrected chi connectivity index (χ0v) is 12.4. The second-order valence-electron chi connectivity index (χ2n) is 3.32. The molecule has 84 valence electrons. The third-order valence-electron chi connectivity index (χ3n) is 1.98. The van der Waals surface area contributed by atoms with Crippen LogP contribution in [-0.2, 0) is 6.54 Å². The fraction of sp³-hybridized carbons (Fsp3) is 0.200. The van der Waals surface area contributed by atoms with Gasteiger partial charge in [0.15, 0.2) is 0 Å². The van der Waals surface area contributed by atoms with Crippen LogP contribution in [0.1, 0.15) is 10.7 Å². The predicted molar refractivity (Wildman–Crippen MR) is 72.1 cm³/mol. The van der Waals surface area contributed by atoms with Gasteiger partial charge in [-0.3, -0.25) is 4.79 Å². The molecule has 3 nitrogen and oxygen atoms in total. The van der Waals surface area contributed by atoms with E-state index in [0.717, 1.165) is 15.2 Å². The SMILES string of the molecule is Cc1csc(Cn2cc(Br)cc(Br)c2=O)n1. The lowest BCUT2D eigenvalue weighted by atomic mass is 10.4. The molecule has 0 saturated carbocycles.